The maximum absolute atomic E-state index is 13.1. The van der Waals surface area contributed by atoms with Crippen LogP contribution in [0.5, 0.6) is 0 Å². The van der Waals surface area contributed by atoms with Gasteiger partial charge in [0.05, 0.1) is 6.61 Å². The zero-order valence-electron chi connectivity index (χ0n) is 19.5. The molecule has 180 valence electrons. The van der Waals surface area contributed by atoms with E-state index in [1.807, 2.05) is 30.0 Å². The van der Waals surface area contributed by atoms with Gasteiger partial charge in [-0.1, -0.05) is 24.6 Å². The molecule has 1 saturated heterocycles. The minimum absolute atomic E-state index is 0.0815. The summed E-state index contributed by atoms with van der Waals surface area (Å²) in [5.74, 6) is -0.124. The number of nitrogens with one attached hydrogen (secondary N) is 1. The predicted molar refractivity (Wildman–Crippen MR) is 133 cm³/mol. The molecule has 0 saturated carbocycles. The van der Waals surface area contributed by atoms with Gasteiger partial charge in [0.15, 0.2) is 5.13 Å². The molecule has 0 aliphatic carbocycles. The first-order chi connectivity index (χ1) is 15.9. The molecule has 1 fully saturated rings. The molecule has 0 bridgehead atoms. The van der Waals surface area contributed by atoms with Crippen molar-refractivity contribution in [2.45, 2.75) is 20.3 Å². The summed E-state index contributed by atoms with van der Waals surface area (Å²) in [6, 6.07) is 5.59. The van der Waals surface area contributed by atoms with Crippen LogP contribution in [0.15, 0.2) is 23.6 Å². The fourth-order valence-electron chi connectivity index (χ4n) is 3.65. The van der Waals surface area contributed by atoms with Gasteiger partial charge in [-0.2, -0.15) is 0 Å². The van der Waals surface area contributed by atoms with Gasteiger partial charge in [-0.15, -0.1) is 11.3 Å². The number of thiazole rings is 1. The SMILES string of the molecule is CCN1CCN(C(=O)CCN(CCOC)C(=O)c2csc(Nc3cc(Cl)ccc3C)n2)CC1. The van der Waals surface area contributed by atoms with Gasteiger partial charge in [-0.05, 0) is 31.2 Å². The molecular formula is C23H32ClN5O3S. The van der Waals surface area contributed by atoms with Gasteiger partial charge >= 0.3 is 0 Å². The van der Waals surface area contributed by atoms with Gasteiger partial charge in [0.1, 0.15) is 5.69 Å². The number of likely N-dealkylation sites (N-methyl/N-ethyl adjacent to an activating group) is 1. The maximum Gasteiger partial charge on any atom is 0.273 e. The second-order valence-electron chi connectivity index (χ2n) is 7.97. The molecule has 0 spiro atoms. The van der Waals surface area contributed by atoms with Gasteiger partial charge in [0.25, 0.3) is 5.91 Å². The number of aryl methyl sites for hydroxylation is 1. The maximum atomic E-state index is 13.1. The average molecular weight is 494 g/mol. The van der Waals surface area contributed by atoms with Gasteiger partial charge in [-0.25, -0.2) is 4.98 Å². The normalized spacial score (nSPS) is 14.4. The molecule has 0 atom stereocenters. The lowest BCUT2D eigenvalue weighted by atomic mass is 10.2. The summed E-state index contributed by atoms with van der Waals surface area (Å²) < 4.78 is 5.18. The molecule has 0 unspecified atom stereocenters. The van der Waals surface area contributed by atoms with Crippen LogP contribution in [0.25, 0.3) is 0 Å². The van der Waals surface area contributed by atoms with Gasteiger partial charge in [0.2, 0.25) is 5.91 Å². The molecular weight excluding hydrogens is 462 g/mol. The topological polar surface area (TPSA) is 78.0 Å². The molecule has 2 aromatic rings. The van der Waals surface area contributed by atoms with Crippen molar-refractivity contribution in [3.05, 3.63) is 39.9 Å². The summed E-state index contributed by atoms with van der Waals surface area (Å²) in [7, 11) is 1.60. The van der Waals surface area contributed by atoms with E-state index in [9.17, 15) is 9.59 Å². The van der Waals surface area contributed by atoms with Crippen molar-refractivity contribution < 1.29 is 14.3 Å². The Kier molecular flexibility index (Phi) is 9.49. The molecule has 1 aromatic heterocycles. The number of carbonyl (C=O) groups excluding carboxylic acids is 2. The lowest BCUT2D eigenvalue weighted by molar-refractivity contribution is -0.133. The Morgan fingerprint density at radius 1 is 1.24 bits per heavy atom. The lowest BCUT2D eigenvalue weighted by Gasteiger charge is -2.34. The molecule has 10 heteroatoms. The highest BCUT2D eigenvalue weighted by Crippen LogP contribution is 2.26. The van der Waals surface area contributed by atoms with Crippen molar-refractivity contribution in [1.29, 1.82) is 0 Å². The van der Waals surface area contributed by atoms with Crippen molar-refractivity contribution in [3.63, 3.8) is 0 Å². The third-order valence-electron chi connectivity index (χ3n) is 5.78. The van der Waals surface area contributed by atoms with E-state index in [2.05, 4.69) is 22.1 Å². The Morgan fingerprint density at radius 3 is 2.70 bits per heavy atom. The highest BCUT2D eigenvalue weighted by molar-refractivity contribution is 7.14. The van der Waals surface area contributed by atoms with Crippen LogP contribution in [0.2, 0.25) is 5.02 Å². The first kappa shape index (κ1) is 25.4. The fraction of sp³-hybridized carbons (Fsp3) is 0.522. The van der Waals surface area contributed by atoms with E-state index in [1.165, 1.54) is 11.3 Å². The van der Waals surface area contributed by atoms with E-state index in [-0.39, 0.29) is 11.8 Å². The second-order valence-corrected chi connectivity index (χ2v) is 9.27. The Morgan fingerprint density at radius 2 is 2.00 bits per heavy atom. The van der Waals surface area contributed by atoms with Crippen molar-refractivity contribution in [1.82, 2.24) is 19.7 Å². The average Bonchev–Trinajstić information content (AvgIpc) is 3.29. The molecule has 2 heterocycles. The van der Waals surface area contributed by atoms with Crippen LogP contribution >= 0.6 is 22.9 Å². The Hall–Kier alpha value is -2.20. The van der Waals surface area contributed by atoms with E-state index in [0.29, 0.717) is 42.0 Å². The number of hydrogen-bond donors (Lipinski definition) is 1. The number of nitrogens with zero attached hydrogens (tertiary/aromatic N) is 4. The number of benzene rings is 1. The highest BCUT2D eigenvalue weighted by atomic mass is 35.5. The molecule has 1 aliphatic heterocycles. The van der Waals surface area contributed by atoms with Gasteiger partial charge in [-0.3, -0.25) is 9.59 Å². The molecule has 2 amide bonds. The first-order valence-electron chi connectivity index (χ1n) is 11.2. The van der Waals surface area contributed by atoms with E-state index in [0.717, 1.165) is 44.0 Å². The Bertz CT molecular complexity index is 946. The second kappa shape index (κ2) is 12.3. The number of ether oxygens (including phenoxy) is 1. The summed E-state index contributed by atoms with van der Waals surface area (Å²) in [6.45, 7) is 9.52. The molecule has 8 nitrogen and oxygen atoms in total. The molecule has 1 N–H and O–H groups in total. The highest BCUT2D eigenvalue weighted by Gasteiger charge is 2.23. The molecule has 1 aliphatic rings. The fourth-order valence-corrected chi connectivity index (χ4v) is 4.52. The van der Waals surface area contributed by atoms with Crippen molar-refractivity contribution in [3.8, 4) is 0 Å². The van der Waals surface area contributed by atoms with Gasteiger partial charge < -0.3 is 24.8 Å². The summed E-state index contributed by atoms with van der Waals surface area (Å²) >= 11 is 7.45. The summed E-state index contributed by atoms with van der Waals surface area (Å²) in [4.78, 5) is 36.2. The molecule has 1 aromatic carbocycles. The number of amides is 2. The number of rotatable bonds is 10. The van der Waals surface area contributed by atoms with Crippen molar-refractivity contribution in [2.75, 3.05) is 64.8 Å². The number of piperazine rings is 1. The Balaban J connectivity index is 1.61. The number of carbonyl (C=O) groups is 2. The number of anilines is 2. The van der Waals surface area contributed by atoms with Crippen LogP contribution in [0.4, 0.5) is 10.8 Å². The largest absolute Gasteiger partial charge is 0.383 e. The summed E-state index contributed by atoms with van der Waals surface area (Å²) in [5, 5.41) is 6.21. The predicted octanol–water partition coefficient (Wildman–Crippen LogP) is 3.49. The van der Waals surface area contributed by atoms with E-state index in [1.54, 1.807) is 17.4 Å². The monoisotopic (exact) mass is 493 g/mol. The van der Waals surface area contributed by atoms with E-state index < -0.39 is 0 Å². The van der Waals surface area contributed by atoms with Crippen LogP contribution in [-0.4, -0.2) is 91.0 Å². The van der Waals surface area contributed by atoms with Crippen LogP contribution in [0, 0.1) is 6.92 Å². The van der Waals surface area contributed by atoms with Crippen LogP contribution in [0.3, 0.4) is 0 Å². The standard InChI is InChI=1S/C23H32ClN5O3S/c1-4-27-9-11-28(12-10-27)21(30)7-8-29(13-14-32-3)22(31)20-16-33-23(26-20)25-19-15-18(24)6-5-17(19)2/h5-6,15-16H,4,7-14H2,1-3H3,(H,25,26). The number of hydrogen-bond acceptors (Lipinski definition) is 7. The smallest absolute Gasteiger partial charge is 0.273 e. The summed E-state index contributed by atoms with van der Waals surface area (Å²) in [6.07, 6.45) is 0.290. The minimum atomic E-state index is -0.206. The van der Waals surface area contributed by atoms with E-state index in [4.69, 9.17) is 16.3 Å². The quantitative estimate of drug-likeness (QED) is 0.546. The minimum Gasteiger partial charge on any atom is -0.383 e. The summed E-state index contributed by atoms with van der Waals surface area (Å²) in [5.41, 5.74) is 2.23. The molecule has 3 rings (SSSR count). The zero-order valence-corrected chi connectivity index (χ0v) is 21.0. The number of methoxy groups -OCH3 is 1. The number of aromatic nitrogens is 1. The zero-order chi connectivity index (χ0) is 23.8. The lowest BCUT2D eigenvalue weighted by Crippen LogP contribution is -2.49. The molecule has 0 radical (unpaired) electrons. The third-order valence-corrected chi connectivity index (χ3v) is 6.78. The number of halogens is 1. The van der Waals surface area contributed by atoms with Crippen molar-refractivity contribution in [2.24, 2.45) is 0 Å². The van der Waals surface area contributed by atoms with Crippen molar-refractivity contribution >= 4 is 45.6 Å². The van der Waals surface area contributed by atoms with Crippen LogP contribution in [-0.2, 0) is 9.53 Å². The molecule has 33 heavy (non-hydrogen) atoms. The van der Waals surface area contributed by atoms with E-state index >= 15 is 0 Å². The van der Waals surface area contributed by atoms with Crippen LogP contribution in [0.1, 0.15) is 29.4 Å². The van der Waals surface area contributed by atoms with Crippen LogP contribution < -0.4 is 5.32 Å². The van der Waals surface area contributed by atoms with Gasteiger partial charge in [0, 0.05) is 68.9 Å². The Labute approximate surface area is 204 Å². The first-order valence-corrected chi connectivity index (χ1v) is 12.4. The third kappa shape index (κ3) is 7.14.